The van der Waals surface area contributed by atoms with Gasteiger partial charge in [-0.25, -0.2) is 0 Å². The van der Waals surface area contributed by atoms with Crippen molar-refractivity contribution in [2.24, 2.45) is 0 Å². The minimum absolute atomic E-state index is 0.234. The second-order valence-corrected chi connectivity index (χ2v) is 9.11. The van der Waals surface area contributed by atoms with E-state index in [4.69, 9.17) is 21.0 Å². The third-order valence-electron chi connectivity index (χ3n) is 6.57. The largest absolute Gasteiger partial charge is 0.456 e. The summed E-state index contributed by atoms with van der Waals surface area (Å²) in [4.78, 5) is 4.45. The first-order valence-electron chi connectivity index (χ1n) is 12.2. The fraction of sp³-hybridized carbons (Fsp3) is 0. The Kier molecular flexibility index (Phi) is 5.86. The Morgan fingerprint density at radius 1 is 0.632 bits per heavy atom. The van der Waals surface area contributed by atoms with Crippen LogP contribution in [-0.4, -0.2) is 16.4 Å². The number of anilines is 1. The molecule has 0 saturated carbocycles. The van der Waals surface area contributed by atoms with Crippen LogP contribution in [0.4, 0.5) is 5.69 Å². The number of hydrogen-bond donors (Lipinski definition) is 3. The van der Waals surface area contributed by atoms with E-state index in [1.54, 1.807) is 12.2 Å². The molecular weight excluding hydrogens is 468 g/mol. The Bertz CT molecular complexity index is 1910. The topological polar surface area (TPSA) is 99.8 Å². The maximum absolute atomic E-state index is 7.75. The fourth-order valence-electron chi connectivity index (χ4n) is 4.53. The van der Waals surface area contributed by atoms with Crippen LogP contribution in [0, 0.1) is 10.8 Å². The molecule has 6 aromatic rings. The number of fused-ring (bicyclic) bond motifs is 4. The molecule has 0 saturated heterocycles. The quantitative estimate of drug-likeness (QED) is 0.168. The summed E-state index contributed by atoms with van der Waals surface area (Å²) in [6, 6.07) is 32.2. The van der Waals surface area contributed by atoms with E-state index in [9.17, 15) is 0 Å². The second-order valence-electron chi connectivity index (χ2n) is 9.11. The summed E-state index contributed by atoms with van der Waals surface area (Å²) in [7, 11) is 0. The molecule has 2 aromatic heterocycles. The summed E-state index contributed by atoms with van der Waals surface area (Å²) in [6.07, 6.45) is 7.13. The lowest BCUT2D eigenvalue weighted by Crippen LogP contribution is -2.09. The van der Waals surface area contributed by atoms with Gasteiger partial charge in [0, 0.05) is 33.6 Å². The molecule has 0 aliphatic heterocycles. The Labute approximate surface area is 219 Å². The van der Waals surface area contributed by atoms with Gasteiger partial charge >= 0.3 is 0 Å². The number of allylic oxidation sites excluding steroid dienone is 4. The molecule has 4 N–H and O–H groups in total. The molecule has 5 heteroatoms. The first kappa shape index (κ1) is 23.1. The zero-order chi connectivity index (χ0) is 26.1. The molecular formula is C33H24N4O. The number of nitrogens with two attached hydrogens (primary N) is 1. The number of para-hydroxylation sites is 2. The van der Waals surface area contributed by atoms with Crippen molar-refractivity contribution >= 4 is 55.5 Å². The van der Waals surface area contributed by atoms with Crippen LogP contribution in [-0.2, 0) is 0 Å². The van der Waals surface area contributed by atoms with Gasteiger partial charge in [-0.1, -0.05) is 60.7 Å². The van der Waals surface area contributed by atoms with Gasteiger partial charge in [0.15, 0.2) is 0 Å². The number of nitrogens with one attached hydrogen (secondary N) is 2. The first-order chi connectivity index (χ1) is 18.5. The first-order valence-corrected chi connectivity index (χ1v) is 12.2. The molecule has 5 nitrogen and oxygen atoms in total. The maximum Gasteiger partial charge on any atom is 0.136 e. The predicted octanol–water partition coefficient (Wildman–Crippen LogP) is 8.06. The van der Waals surface area contributed by atoms with Crippen molar-refractivity contribution in [1.29, 1.82) is 10.8 Å². The van der Waals surface area contributed by atoms with Gasteiger partial charge in [-0.15, -0.1) is 0 Å². The number of pyridine rings is 1. The Morgan fingerprint density at radius 2 is 1.37 bits per heavy atom. The molecule has 2 heterocycles. The number of hydrogen-bond acceptors (Lipinski definition) is 5. The van der Waals surface area contributed by atoms with Gasteiger partial charge in [-0.2, -0.15) is 0 Å². The van der Waals surface area contributed by atoms with Gasteiger partial charge in [0.05, 0.1) is 16.9 Å². The van der Waals surface area contributed by atoms with Crippen molar-refractivity contribution in [1.82, 2.24) is 4.98 Å². The summed E-state index contributed by atoms with van der Waals surface area (Å²) in [5.74, 6) is 0. The molecule has 1 aliphatic carbocycles. The lowest BCUT2D eigenvalue weighted by atomic mass is 9.97. The number of nitrogens with zero attached hydrogens (tertiary/aromatic N) is 1. The van der Waals surface area contributed by atoms with E-state index < -0.39 is 0 Å². The van der Waals surface area contributed by atoms with Crippen molar-refractivity contribution < 1.29 is 4.42 Å². The zero-order valence-electron chi connectivity index (χ0n) is 20.5. The van der Waals surface area contributed by atoms with Gasteiger partial charge in [0.1, 0.15) is 11.2 Å². The van der Waals surface area contributed by atoms with E-state index in [0.717, 1.165) is 60.8 Å². The highest BCUT2D eigenvalue weighted by Gasteiger charge is 2.11. The lowest BCUT2D eigenvalue weighted by Gasteiger charge is -2.08. The van der Waals surface area contributed by atoms with E-state index >= 15 is 0 Å². The second kappa shape index (κ2) is 9.64. The third kappa shape index (κ3) is 4.49. The monoisotopic (exact) mass is 492 g/mol. The summed E-state index contributed by atoms with van der Waals surface area (Å²) in [6.45, 7) is 0. The van der Waals surface area contributed by atoms with E-state index in [0.29, 0.717) is 0 Å². The van der Waals surface area contributed by atoms with Crippen LogP contribution < -0.4 is 5.73 Å². The summed E-state index contributed by atoms with van der Waals surface area (Å²) in [5, 5.41) is 18.7. The zero-order valence-corrected chi connectivity index (χ0v) is 20.5. The molecule has 0 fully saturated rings. The van der Waals surface area contributed by atoms with Crippen molar-refractivity contribution in [3.05, 3.63) is 127 Å². The number of nitrogen functional groups attached to an aromatic ring is 1. The minimum atomic E-state index is 0.234. The van der Waals surface area contributed by atoms with Gasteiger partial charge in [-0.05, 0) is 71.3 Å². The van der Waals surface area contributed by atoms with Crippen LogP contribution in [0.1, 0.15) is 5.56 Å². The summed E-state index contributed by atoms with van der Waals surface area (Å²) >= 11 is 0. The molecule has 7 rings (SSSR count). The standard InChI is InChI=1S/C18H12N2O.C15H12N2/c19-15-8-6-11(9-16(15)20)12-5-7-14-13-3-1-2-4-17(13)21-18(14)10-12;16-14-7-5-11(6-8-14)13-9-12-3-1-2-4-15(12)17-10-13/h1-10,19-20H;1-10H,16H2. The third-order valence-corrected chi connectivity index (χ3v) is 6.57. The average molecular weight is 493 g/mol. The molecule has 4 aromatic carbocycles. The highest BCUT2D eigenvalue weighted by atomic mass is 16.3. The molecule has 0 spiro atoms. The summed E-state index contributed by atoms with van der Waals surface area (Å²) < 4.78 is 5.88. The highest BCUT2D eigenvalue weighted by Crippen LogP contribution is 2.31. The average Bonchev–Trinajstić information content (AvgIpc) is 3.33. The maximum atomic E-state index is 7.75. The predicted molar refractivity (Wildman–Crippen MR) is 158 cm³/mol. The Hall–Kier alpha value is -5.29. The number of aromatic nitrogens is 1. The van der Waals surface area contributed by atoms with Crippen LogP contribution in [0.3, 0.4) is 0 Å². The molecule has 1 aliphatic rings. The van der Waals surface area contributed by atoms with Crippen LogP contribution in [0.25, 0.3) is 49.5 Å². The van der Waals surface area contributed by atoms with Crippen LogP contribution in [0.15, 0.2) is 126 Å². The van der Waals surface area contributed by atoms with Crippen LogP contribution in [0.5, 0.6) is 0 Å². The Morgan fingerprint density at radius 3 is 2.21 bits per heavy atom. The van der Waals surface area contributed by atoms with Crippen molar-refractivity contribution in [3.8, 4) is 11.1 Å². The van der Waals surface area contributed by atoms with Crippen molar-refractivity contribution in [3.63, 3.8) is 0 Å². The van der Waals surface area contributed by atoms with Gasteiger partial charge in [0.25, 0.3) is 0 Å². The smallest absolute Gasteiger partial charge is 0.136 e. The number of rotatable bonds is 2. The summed E-state index contributed by atoms with van der Waals surface area (Å²) in [5.41, 5.74) is 13.9. The van der Waals surface area contributed by atoms with Crippen LogP contribution >= 0.6 is 0 Å². The van der Waals surface area contributed by atoms with Gasteiger partial charge < -0.3 is 10.2 Å². The molecule has 0 unspecified atom stereocenters. The fourth-order valence-corrected chi connectivity index (χ4v) is 4.53. The minimum Gasteiger partial charge on any atom is -0.456 e. The van der Waals surface area contributed by atoms with Crippen molar-refractivity contribution in [2.75, 3.05) is 5.73 Å². The molecule has 0 bridgehead atoms. The molecule has 38 heavy (non-hydrogen) atoms. The molecule has 0 atom stereocenters. The van der Waals surface area contributed by atoms with Gasteiger partial charge in [0.2, 0.25) is 0 Å². The normalized spacial score (nSPS) is 13.0. The molecule has 0 amide bonds. The van der Waals surface area contributed by atoms with Crippen molar-refractivity contribution in [2.45, 2.75) is 0 Å². The molecule has 182 valence electrons. The van der Waals surface area contributed by atoms with E-state index in [-0.39, 0.29) is 11.4 Å². The SMILES string of the molecule is N=C1C=CC(c2ccc3c(c2)oc2ccccc23)=CC1=N.Nc1ccc(-c2cnc3ccccc3c2)cc1. The van der Waals surface area contributed by atoms with Gasteiger partial charge in [-0.3, -0.25) is 15.8 Å². The van der Waals surface area contributed by atoms with E-state index in [1.807, 2.05) is 85.1 Å². The Balaban J connectivity index is 0.000000142. The van der Waals surface area contributed by atoms with E-state index in [2.05, 4.69) is 29.2 Å². The molecule has 0 radical (unpaired) electrons. The lowest BCUT2D eigenvalue weighted by molar-refractivity contribution is 0.669. The van der Waals surface area contributed by atoms with E-state index in [1.165, 1.54) is 0 Å². The number of benzene rings is 4. The number of furan rings is 1. The van der Waals surface area contributed by atoms with Crippen LogP contribution in [0.2, 0.25) is 0 Å². The highest BCUT2D eigenvalue weighted by molar-refractivity contribution is 6.50.